The van der Waals surface area contributed by atoms with Crippen molar-refractivity contribution in [2.24, 2.45) is 0 Å². The molecular weight excluding hydrogens is 418 g/mol. The van der Waals surface area contributed by atoms with Gasteiger partial charge in [-0.25, -0.2) is 4.79 Å². The Kier molecular flexibility index (Phi) is 6.10. The molecule has 1 amide bonds. The van der Waals surface area contributed by atoms with E-state index in [1.807, 2.05) is 39.0 Å². The highest BCUT2D eigenvalue weighted by atomic mass is 32.2. The first kappa shape index (κ1) is 20.9. The van der Waals surface area contributed by atoms with Crippen LogP contribution in [-0.2, 0) is 4.74 Å². The second kappa shape index (κ2) is 8.77. The van der Waals surface area contributed by atoms with E-state index in [1.165, 1.54) is 16.9 Å². The summed E-state index contributed by atoms with van der Waals surface area (Å²) in [6.07, 6.45) is 5.67. The number of carbonyl (C=O) groups excluding carboxylic acids is 1. The average Bonchev–Trinajstić information content (AvgIpc) is 3.40. The van der Waals surface area contributed by atoms with Crippen molar-refractivity contribution < 1.29 is 9.53 Å². The van der Waals surface area contributed by atoms with E-state index in [9.17, 15) is 4.79 Å². The molecule has 3 aromatic rings. The summed E-state index contributed by atoms with van der Waals surface area (Å²) >= 11 is 3.18. The van der Waals surface area contributed by atoms with E-state index in [1.54, 1.807) is 21.2 Å². The Morgan fingerprint density at radius 2 is 2.10 bits per heavy atom. The molecule has 1 unspecified atom stereocenters. The lowest BCUT2D eigenvalue weighted by Gasteiger charge is -2.27. The molecule has 2 aromatic heterocycles. The van der Waals surface area contributed by atoms with Crippen LogP contribution in [0.5, 0.6) is 0 Å². The van der Waals surface area contributed by atoms with Crippen LogP contribution in [0.1, 0.15) is 51.0 Å². The Labute approximate surface area is 184 Å². The fraction of sp³-hybridized carbons (Fsp3) is 0.429. The molecule has 1 fully saturated rings. The van der Waals surface area contributed by atoms with Gasteiger partial charge < -0.3 is 4.74 Å². The molecule has 1 aliphatic heterocycles. The van der Waals surface area contributed by atoms with Gasteiger partial charge in [0.2, 0.25) is 4.96 Å². The van der Waals surface area contributed by atoms with Crippen molar-refractivity contribution in [1.82, 2.24) is 24.7 Å². The molecule has 0 bridgehead atoms. The van der Waals surface area contributed by atoms with Gasteiger partial charge in [-0.1, -0.05) is 65.6 Å². The van der Waals surface area contributed by atoms with Crippen molar-refractivity contribution >= 4 is 40.2 Å². The molecule has 1 atom stereocenters. The quantitative estimate of drug-likeness (QED) is 0.513. The molecular formula is C21H25N5O2S2. The zero-order chi connectivity index (χ0) is 21.1. The number of hydrogen-bond acceptors (Lipinski definition) is 7. The number of rotatable bonds is 5. The number of ether oxygens (including phenoxy) is 1. The maximum atomic E-state index is 12.6. The molecule has 0 saturated carbocycles. The average molecular weight is 444 g/mol. The van der Waals surface area contributed by atoms with Crippen molar-refractivity contribution in [2.75, 3.05) is 12.3 Å². The highest BCUT2D eigenvalue weighted by molar-refractivity contribution is 8.01. The summed E-state index contributed by atoms with van der Waals surface area (Å²) in [5, 5.41) is 13.3. The Bertz CT molecular complexity index is 1040. The summed E-state index contributed by atoms with van der Waals surface area (Å²) in [4.78, 5) is 15.1. The van der Waals surface area contributed by atoms with E-state index in [4.69, 9.17) is 9.84 Å². The van der Waals surface area contributed by atoms with Crippen LogP contribution >= 0.6 is 23.1 Å². The highest BCUT2D eigenvalue weighted by Crippen LogP contribution is 2.34. The Hall–Kier alpha value is -2.39. The normalized spacial score (nSPS) is 17.3. The fourth-order valence-corrected chi connectivity index (χ4v) is 5.04. The smallest absolute Gasteiger partial charge is 0.410 e. The lowest BCUT2D eigenvalue weighted by atomic mass is 10.2. The van der Waals surface area contributed by atoms with E-state index >= 15 is 0 Å². The van der Waals surface area contributed by atoms with Crippen LogP contribution in [0.3, 0.4) is 0 Å². The number of amides is 1. The van der Waals surface area contributed by atoms with Gasteiger partial charge in [-0.15, -0.1) is 15.3 Å². The Morgan fingerprint density at radius 1 is 1.30 bits per heavy atom. The number of thioether (sulfide) groups is 1. The molecule has 4 rings (SSSR count). The van der Waals surface area contributed by atoms with Gasteiger partial charge in [0, 0.05) is 12.3 Å². The maximum absolute atomic E-state index is 12.6. The SMILES string of the molecule is CC(C)(C)OC(=O)N1CCCC1c1nnc2sc(SCC=Cc3ccccc3)nn12. The Morgan fingerprint density at radius 3 is 2.87 bits per heavy atom. The van der Waals surface area contributed by atoms with Gasteiger partial charge in [0.1, 0.15) is 5.60 Å². The fourth-order valence-electron chi connectivity index (χ4n) is 3.32. The van der Waals surface area contributed by atoms with E-state index in [0.29, 0.717) is 12.4 Å². The van der Waals surface area contributed by atoms with E-state index in [-0.39, 0.29) is 12.1 Å². The number of fused-ring (bicyclic) bond motifs is 1. The zero-order valence-electron chi connectivity index (χ0n) is 17.3. The highest BCUT2D eigenvalue weighted by Gasteiger charge is 2.36. The standard InChI is InChI=1S/C21H25N5O2S2/c1-21(2,3)28-20(27)25-13-7-12-16(25)17-22-23-18-26(17)24-19(30-18)29-14-8-11-15-9-5-4-6-10-15/h4-6,8-11,16H,7,12-14H2,1-3H3. The van der Waals surface area contributed by atoms with Gasteiger partial charge in [0.15, 0.2) is 10.2 Å². The van der Waals surface area contributed by atoms with Crippen LogP contribution in [0, 0.1) is 0 Å². The summed E-state index contributed by atoms with van der Waals surface area (Å²) in [6, 6.07) is 10.1. The largest absolute Gasteiger partial charge is 0.444 e. The number of carbonyl (C=O) groups is 1. The third-order valence-corrected chi connectivity index (χ3v) is 6.57. The van der Waals surface area contributed by atoms with Crippen molar-refractivity contribution in [3.63, 3.8) is 0 Å². The molecule has 1 aromatic carbocycles. The topological polar surface area (TPSA) is 72.6 Å². The molecule has 158 valence electrons. The molecule has 30 heavy (non-hydrogen) atoms. The second-order valence-electron chi connectivity index (χ2n) is 8.08. The maximum Gasteiger partial charge on any atom is 0.410 e. The zero-order valence-corrected chi connectivity index (χ0v) is 18.9. The number of likely N-dealkylation sites (tertiary alicyclic amines) is 1. The van der Waals surface area contributed by atoms with E-state index in [2.05, 4.69) is 34.5 Å². The third kappa shape index (κ3) is 4.84. The molecule has 3 heterocycles. The number of aromatic nitrogens is 4. The van der Waals surface area contributed by atoms with Gasteiger partial charge in [0.25, 0.3) is 0 Å². The first-order valence-electron chi connectivity index (χ1n) is 9.97. The first-order chi connectivity index (χ1) is 14.4. The molecule has 0 spiro atoms. The molecule has 1 aliphatic rings. The van der Waals surface area contributed by atoms with Gasteiger partial charge in [-0.2, -0.15) is 4.52 Å². The van der Waals surface area contributed by atoms with Gasteiger partial charge in [-0.05, 0) is 39.2 Å². The van der Waals surface area contributed by atoms with Gasteiger partial charge in [-0.3, -0.25) is 4.90 Å². The minimum Gasteiger partial charge on any atom is -0.444 e. The van der Waals surface area contributed by atoms with Crippen LogP contribution in [0.25, 0.3) is 11.0 Å². The Balaban J connectivity index is 1.45. The van der Waals surface area contributed by atoms with Crippen LogP contribution in [0.15, 0.2) is 40.7 Å². The molecule has 0 N–H and O–H groups in total. The van der Waals surface area contributed by atoms with Crippen LogP contribution in [-0.4, -0.2) is 48.7 Å². The summed E-state index contributed by atoms with van der Waals surface area (Å²) in [6.45, 7) is 6.29. The lowest BCUT2D eigenvalue weighted by molar-refractivity contribution is 0.0217. The number of nitrogens with zero attached hydrogens (tertiary/aromatic N) is 5. The molecule has 7 nitrogen and oxygen atoms in total. The van der Waals surface area contributed by atoms with Crippen LogP contribution in [0.4, 0.5) is 4.79 Å². The summed E-state index contributed by atoms with van der Waals surface area (Å²) in [5.41, 5.74) is 0.657. The van der Waals surface area contributed by atoms with Crippen molar-refractivity contribution in [3.05, 3.63) is 47.8 Å². The second-order valence-corrected chi connectivity index (χ2v) is 10.3. The van der Waals surface area contributed by atoms with Crippen molar-refractivity contribution in [3.8, 4) is 0 Å². The minimum absolute atomic E-state index is 0.159. The van der Waals surface area contributed by atoms with Crippen LogP contribution < -0.4 is 0 Å². The lowest BCUT2D eigenvalue weighted by Crippen LogP contribution is -2.37. The number of hydrogen-bond donors (Lipinski definition) is 0. The molecule has 9 heteroatoms. The van der Waals surface area contributed by atoms with E-state index < -0.39 is 5.60 Å². The summed E-state index contributed by atoms with van der Waals surface area (Å²) in [7, 11) is 0. The summed E-state index contributed by atoms with van der Waals surface area (Å²) in [5.74, 6) is 1.53. The third-order valence-electron chi connectivity index (χ3n) is 4.59. The summed E-state index contributed by atoms with van der Waals surface area (Å²) < 4.78 is 8.28. The first-order valence-corrected chi connectivity index (χ1v) is 11.8. The minimum atomic E-state index is -0.526. The molecule has 0 radical (unpaired) electrons. The predicted octanol–water partition coefficient (Wildman–Crippen LogP) is 5.06. The van der Waals surface area contributed by atoms with Crippen molar-refractivity contribution in [2.45, 2.75) is 49.6 Å². The monoisotopic (exact) mass is 443 g/mol. The van der Waals surface area contributed by atoms with E-state index in [0.717, 1.165) is 27.9 Å². The predicted molar refractivity (Wildman–Crippen MR) is 120 cm³/mol. The molecule has 1 saturated heterocycles. The van der Waals surface area contributed by atoms with Gasteiger partial charge >= 0.3 is 6.09 Å². The number of benzene rings is 1. The van der Waals surface area contributed by atoms with Crippen LogP contribution in [0.2, 0.25) is 0 Å². The van der Waals surface area contributed by atoms with Crippen molar-refractivity contribution in [1.29, 1.82) is 0 Å². The molecule has 0 aliphatic carbocycles. The van der Waals surface area contributed by atoms with Gasteiger partial charge in [0.05, 0.1) is 6.04 Å².